The zero-order valence-electron chi connectivity index (χ0n) is 9.45. The average molecular weight is 327 g/mol. The van der Waals surface area contributed by atoms with Crippen LogP contribution in [0.5, 0.6) is 0 Å². The number of nitrogens with one attached hydrogen (secondary N) is 1. The highest BCUT2D eigenvalue weighted by atomic mass is 79.9. The lowest BCUT2D eigenvalue weighted by Gasteiger charge is -2.08. The first-order valence-corrected chi connectivity index (χ1v) is 6.28. The Bertz CT molecular complexity index is 604. The van der Waals surface area contributed by atoms with Crippen LogP contribution in [0, 0.1) is 6.92 Å². The molecular formula is C12H9BrClN3O. The van der Waals surface area contributed by atoms with E-state index in [0.29, 0.717) is 15.7 Å². The second kappa shape index (κ2) is 5.46. The molecule has 0 fully saturated rings. The van der Waals surface area contributed by atoms with E-state index in [0.717, 1.165) is 5.56 Å². The van der Waals surface area contributed by atoms with E-state index in [9.17, 15) is 4.79 Å². The van der Waals surface area contributed by atoms with E-state index < -0.39 is 0 Å². The Balaban J connectivity index is 2.28. The summed E-state index contributed by atoms with van der Waals surface area (Å²) in [4.78, 5) is 19.9. The van der Waals surface area contributed by atoms with Crippen LogP contribution in [0.1, 0.15) is 15.9 Å². The Morgan fingerprint density at radius 2 is 2.22 bits per heavy atom. The molecule has 92 valence electrons. The van der Waals surface area contributed by atoms with E-state index in [1.165, 1.54) is 6.20 Å². The number of hydrogen-bond donors (Lipinski definition) is 1. The van der Waals surface area contributed by atoms with Crippen LogP contribution in [0.2, 0.25) is 5.15 Å². The highest BCUT2D eigenvalue weighted by Gasteiger charge is 2.13. The van der Waals surface area contributed by atoms with E-state index in [-0.39, 0.29) is 11.1 Å². The third-order valence-electron chi connectivity index (χ3n) is 2.32. The number of nitrogens with zero attached hydrogens (tertiary/aromatic N) is 2. The maximum absolute atomic E-state index is 12.1. The van der Waals surface area contributed by atoms with Crippen LogP contribution in [0.15, 0.2) is 35.2 Å². The fourth-order valence-corrected chi connectivity index (χ4v) is 1.91. The minimum absolute atomic E-state index is 0.169. The van der Waals surface area contributed by atoms with Crippen molar-refractivity contribution in [2.24, 2.45) is 0 Å². The Morgan fingerprint density at radius 3 is 2.94 bits per heavy atom. The molecule has 4 nitrogen and oxygen atoms in total. The predicted octanol–water partition coefficient (Wildman–Crippen LogP) is 3.45. The molecule has 0 radical (unpaired) electrons. The Labute approximate surface area is 118 Å². The molecule has 0 aliphatic carbocycles. The fraction of sp³-hybridized carbons (Fsp3) is 0.0833. The number of carbonyl (C=O) groups is 1. The molecule has 0 atom stereocenters. The summed E-state index contributed by atoms with van der Waals surface area (Å²) >= 11 is 9.15. The first kappa shape index (κ1) is 13.0. The third kappa shape index (κ3) is 2.86. The highest BCUT2D eigenvalue weighted by Crippen LogP contribution is 2.20. The van der Waals surface area contributed by atoms with E-state index in [1.807, 2.05) is 6.92 Å². The SMILES string of the molecule is Cc1cnccc1NC(=O)c1cc(Br)cnc1Cl. The van der Waals surface area contributed by atoms with Gasteiger partial charge in [0.25, 0.3) is 5.91 Å². The lowest BCUT2D eigenvalue weighted by atomic mass is 10.2. The van der Waals surface area contributed by atoms with E-state index in [2.05, 4.69) is 31.2 Å². The molecule has 1 N–H and O–H groups in total. The molecule has 0 spiro atoms. The molecule has 0 unspecified atom stereocenters. The number of pyridine rings is 2. The van der Waals surface area contributed by atoms with Crippen LogP contribution >= 0.6 is 27.5 Å². The normalized spacial score (nSPS) is 10.2. The summed E-state index contributed by atoms with van der Waals surface area (Å²) in [5.41, 5.74) is 1.90. The molecule has 2 heterocycles. The van der Waals surface area contributed by atoms with Gasteiger partial charge in [-0.25, -0.2) is 4.98 Å². The molecule has 0 aromatic carbocycles. The van der Waals surface area contributed by atoms with Gasteiger partial charge in [-0.3, -0.25) is 9.78 Å². The number of amides is 1. The van der Waals surface area contributed by atoms with Crippen molar-refractivity contribution in [2.45, 2.75) is 6.92 Å². The smallest absolute Gasteiger partial charge is 0.258 e. The number of anilines is 1. The molecule has 2 aromatic rings. The molecule has 0 bridgehead atoms. The molecule has 6 heteroatoms. The summed E-state index contributed by atoms with van der Waals surface area (Å²) in [6, 6.07) is 3.35. The van der Waals surface area contributed by atoms with Gasteiger partial charge in [-0.15, -0.1) is 0 Å². The Kier molecular flexibility index (Phi) is 3.93. The lowest BCUT2D eigenvalue weighted by molar-refractivity contribution is 0.102. The van der Waals surface area contributed by atoms with Gasteiger partial charge >= 0.3 is 0 Å². The summed E-state index contributed by atoms with van der Waals surface area (Å²) in [6.07, 6.45) is 4.83. The van der Waals surface area contributed by atoms with Crippen molar-refractivity contribution in [3.63, 3.8) is 0 Å². The van der Waals surface area contributed by atoms with Gasteiger partial charge in [0.05, 0.1) is 5.56 Å². The number of halogens is 2. The van der Waals surface area contributed by atoms with Crippen molar-refractivity contribution in [1.29, 1.82) is 0 Å². The molecule has 0 saturated heterocycles. The quantitative estimate of drug-likeness (QED) is 0.860. The zero-order valence-corrected chi connectivity index (χ0v) is 11.8. The van der Waals surface area contributed by atoms with E-state index in [1.54, 1.807) is 24.5 Å². The highest BCUT2D eigenvalue weighted by molar-refractivity contribution is 9.10. The van der Waals surface area contributed by atoms with Gasteiger partial charge in [-0.05, 0) is 40.5 Å². The van der Waals surface area contributed by atoms with Crippen LogP contribution in [-0.2, 0) is 0 Å². The van der Waals surface area contributed by atoms with E-state index in [4.69, 9.17) is 11.6 Å². The van der Waals surface area contributed by atoms with Gasteiger partial charge in [0.1, 0.15) is 5.15 Å². The summed E-state index contributed by atoms with van der Waals surface area (Å²) in [5.74, 6) is -0.303. The van der Waals surface area contributed by atoms with Crippen LogP contribution in [0.3, 0.4) is 0 Å². The number of hydrogen-bond acceptors (Lipinski definition) is 3. The summed E-state index contributed by atoms with van der Waals surface area (Å²) in [7, 11) is 0. The van der Waals surface area contributed by atoms with Gasteiger partial charge in [-0.2, -0.15) is 0 Å². The van der Waals surface area contributed by atoms with Crippen molar-refractivity contribution >= 4 is 39.1 Å². The van der Waals surface area contributed by atoms with Crippen LogP contribution in [0.25, 0.3) is 0 Å². The lowest BCUT2D eigenvalue weighted by Crippen LogP contribution is -2.14. The average Bonchev–Trinajstić information content (AvgIpc) is 2.35. The van der Waals surface area contributed by atoms with Crippen LogP contribution in [-0.4, -0.2) is 15.9 Å². The van der Waals surface area contributed by atoms with Crippen LogP contribution < -0.4 is 5.32 Å². The molecule has 2 aromatic heterocycles. The largest absolute Gasteiger partial charge is 0.322 e. The summed E-state index contributed by atoms with van der Waals surface area (Å²) in [5, 5.41) is 2.94. The van der Waals surface area contributed by atoms with Gasteiger partial charge in [0.2, 0.25) is 0 Å². The fourth-order valence-electron chi connectivity index (χ4n) is 1.39. The van der Waals surface area contributed by atoms with Crippen molar-refractivity contribution in [2.75, 3.05) is 5.32 Å². The molecule has 1 amide bonds. The Hall–Kier alpha value is -1.46. The zero-order chi connectivity index (χ0) is 13.1. The Morgan fingerprint density at radius 1 is 1.44 bits per heavy atom. The molecule has 18 heavy (non-hydrogen) atoms. The summed E-state index contributed by atoms with van der Waals surface area (Å²) in [6.45, 7) is 1.86. The molecule has 0 aliphatic heterocycles. The number of rotatable bonds is 2. The number of aryl methyl sites for hydroxylation is 1. The monoisotopic (exact) mass is 325 g/mol. The van der Waals surface area contributed by atoms with Gasteiger partial charge < -0.3 is 5.32 Å². The van der Waals surface area contributed by atoms with Crippen molar-refractivity contribution < 1.29 is 4.79 Å². The second-order valence-electron chi connectivity index (χ2n) is 3.64. The number of carbonyl (C=O) groups excluding carboxylic acids is 1. The van der Waals surface area contributed by atoms with Crippen molar-refractivity contribution in [3.8, 4) is 0 Å². The summed E-state index contributed by atoms with van der Waals surface area (Å²) < 4.78 is 0.698. The van der Waals surface area contributed by atoms with Gasteiger partial charge in [0.15, 0.2) is 0 Å². The number of aromatic nitrogens is 2. The first-order chi connectivity index (χ1) is 8.58. The van der Waals surface area contributed by atoms with Crippen LogP contribution in [0.4, 0.5) is 5.69 Å². The molecular weight excluding hydrogens is 318 g/mol. The van der Waals surface area contributed by atoms with E-state index >= 15 is 0 Å². The van der Waals surface area contributed by atoms with Gasteiger partial charge in [0, 0.05) is 28.8 Å². The predicted molar refractivity (Wildman–Crippen MR) is 73.9 cm³/mol. The maximum Gasteiger partial charge on any atom is 0.258 e. The van der Waals surface area contributed by atoms with Gasteiger partial charge in [-0.1, -0.05) is 11.6 Å². The molecule has 0 saturated carbocycles. The van der Waals surface area contributed by atoms with Crippen molar-refractivity contribution in [1.82, 2.24) is 9.97 Å². The first-order valence-electron chi connectivity index (χ1n) is 5.11. The topological polar surface area (TPSA) is 54.9 Å². The minimum atomic E-state index is -0.303. The second-order valence-corrected chi connectivity index (χ2v) is 4.91. The maximum atomic E-state index is 12.1. The molecule has 2 rings (SSSR count). The minimum Gasteiger partial charge on any atom is -0.322 e. The third-order valence-corrected chi connectivity index (χ3v) is 3.05. The molecule has 0 aliphatic rings. The van der Waals surface area contributed by atoms with Crippen molar-refractivity contribution in [3.05, 3.63) is 51.5 Å². The standard InChI is InChI=1S/C12H9BrClN3O/c1-7-5-15-3-2-10(7)17-12(18)9-4-8(13)6-16-11(9)14/h2-6H,1H3,(H,15,17,18).